The number of nitrogens with one attached hydrogen (secondary N) is 2. The summed E-state index contributed by atoms with van der Waals surface area (Å²) in [5, 5.41) is 2.86. The van der Waals surface area contributed by atoms with E-state index in [2.05, 4.69) is 10.0 Å². The third kappa shape index (κ3) is 4.62. The molecule has 23 heavy (non-hydrogen) atoms. The molecule has 1 saturated carbocycles. The molecule has 0 saturated heterocycles. The number of rotatable bonds is 6. The van der Waals surface area contributed by atoms with Crippen LogP contribution in [0.15, 0.2) is 29.2 Å². The van der Waals surface area contributed by atoms with Gasteiger partial charge in [-0.25, -0.2) is 8.42 Å². The first-order chi connectivity index (χ1) is 10.8. The van der Waals surface area contributed by atoms with E-state index in [0.29, 0.717) is 5.56 Å². The van der Waals surface area contributed by atoms with Crippen LogP contribution < -0.4 is 10.0 Å². The van der Waals surface area contributed by atoms with E-state index in [0.717, 1.165) is 25.7 Å². The second-order valence-corrected chi connectivity index (χ2v) is 7.63. The Morgan fingerprint density at radius 1 is 1.22 bits per heavy atom. The molecule has 2 rings (SSSR count). The number of ketones is 1. The molecule has 1 amide bonds. The van der Waals surface area contributed by atoms with E-state index in [1.54, 1.807) is 6.07 Å². The van der Waals surface area contributed by atoms with Crippen LogP contribution in [0.4, 0.5) is 0 Å². The normalized spacial score (nSPS) is 17.0. The van der Waals surface area contributed by atoms with Gasteiger partial charge in [-0.3, -0.25) is 9.59 Å². The van der Waals surface area contributed by atoms with Gasteiger partial charge in [-0.15, -0.1) is 0 Å². The topological polar surface area (TPSA) is 92.3 Å². The van der Waals surface area contributed by atoms with E-state index in [1.165, 1.54) is 32.0 Å². The van der Waals surface area contributed by atoms with E-state index >= 15 is 0 Å². The molecule has 126 valence electrons. The summed E-state index contributed by atoms with van der Waals surface area (Å²) < 4.78 is 27.1. The average Bonchev–Trinajstić information content (AvgIpc) is 2.99. The van der Waals surface area contributed by atoms with Crippen LogP contribution in [0.2, 0.25) is 0 Å². The highest BCUT2D eigenvalue weighted by Crippen LogP contribution is 2.18. The lowest BCUT2D eigenvalue weighted by molar-refractivity contribution is -0.123. The zero-order chi connectivity index (χ0) is 17.0. The molecule has 0 aromatic heterocycles. The summed E-state index contributed by atoms with van der Waals surface area (Å²) in [5.41, 5.74) is 0.316. The summed E-state index contributed by atoms with van der Waals surface area (Å²) in [6, 6.07) is 5.03. The van der Waals surface area contributed by atoms with Crippen LogP contribution in [0.1, 0.15) is 49.9 Å². The van der Waals surface area contributed by atoms with Crippen LogP contribution >= 0.6 is 0 Å². The highest BCUT2D eigenvalue weighted by atomic mass is 32.2. The third-order valence-corrected chi connectivity index (χ3v) is 5.52. The van der Waals surface area contributed by atoms with Gasteiger partial charge in [-0.05, 0) is 38.8 Å². The van der Waals surface area contributed by atoms with E-state index in [9.17, 15) is 18.0 Å². The minimum atomic E-state index is -3.86. The number of hydrogen-bond donors (Lipinski definition) is 2. The van der Waals surface area contributed by atoms with Crippen LogP contribution in [0.3, 0.4) is 0 Å². The molecule has 6 nitrogen and oxygen atoms in total. The Labute approximate surface area is 136 Å². The van der Waals surface area contributed by atoms with Crippen LogP contribution in [-0.4, -0.2) is 32.2 Å². The number of benzene rings is 1. The largest absolute Gasteiger partial charge is 0.352 e. The summed E-state index contributed by atoms with van der Waals surface area (Å²) in [5.74, 6) is -0.544. The van der Waals surface area contributed by atoms with Gasteiger partial charge in [0.05, 0.1) is 10.9 Å². The fraction of sp³-hybridized carbons (Fsp3) is 0.500. The molecule has 1 aliphatic rings. The Hall–Kier alpha value is -1.73. The molecular formula is C16H22N2O4S. The van der Waals surface area contributed by atoms with Gasteiger partial charge in [-0.1, -0.05) is 25.0 Å². The van der Waals surface area contributed by atoms with Gasteiger partial charge in [0, 0.05) is 11.6 Å². The molecule has 0 spiro atoms. The maximum atomic E-state index is 12.4. The summed E-state index contributed by atoms with van der Waals surface area (Å²) in [4.78, 5) is 23.4. The third-order valence-electron chi connectivity index (χ3n) is 3.98. The van der Waals surface area contributed by atoms with Crippen LogP contribution in [0, 0.1) is 0 Å². The highest BCUT2D eigenvalue weighted by Gasteiger charge is 2.25. The first kappa shape index (κ1) is 17.6. The zero-order valence-electron chi connectivity index (χ0n) is 13.3. The number of carbonyl (C=O) groups excluding carboxylic acids is 2. The second kappa shape index (κ2) is 7.23. The maximum absolute atomic E-state index is 12.4. The van der Waals surface area contributed by atoms with Gasteiger partial charge in [-0.2, -0.15) is 4.72 Å². The highest BCUT2D eigenvalue weighted by molar-refractivity contribution is 7.89. The summed E-state index contributed by atoms with van der Waals surface area (Å²) in [7, 11) is -3.86. The average molecular weight is 338 g/mol. The predicted molar refractivity (Wildman–Crippen MR) is 86.6 cm³/mol. The minimum Gasteiger partial charge on any atom is -0.352 e. The molecule has 2 N–H and O–H groups in total. The van der Waals surface area contributed by atoms with Crippen LogP contribution in [-0.2, 0) is 14.8 Å². The summed E-state index contributed by atoms with van der Waals surface area (Å²) in [6.45, 7) is 2.88. The van der Waals surface area contributed by atoms with Crippen molar-refractivity contribution < 1.29 is 18.0 Å². The molecule has 1 aromatic carbocycles. The molecule has 1 fully saturated rings. The molecule has 1 aliphatic carbocycles. The Morgan fingerprint density at radius 3 is 2.48 bits per heavy atom. The molecule has 0 radical (unpaired) electrons. The van der Waals surface area contributed by atoms with Crippen molar-refractivity contribution >= 4 is 21.7 Å². The predicted octanol–water partition coefficient (Wildman–Crippen LogP) is 1.61. The molecule has 0 aliphatic heterocycles. The summed E-state index contributed by atoms with van der Waals surface area (Å²) >= 11 is 0. The number of carbonyl (C=O) groups is 2. The zero-order valence-corrected chi connectivity index (χ0v) is 14.2. The first-order valence-electron chi connectivity index (χ1n) is 7.73. The fourth-order valence-corrected chi connectivity index (χ4v) is 3.88. The minimum absolute atomic E-state index is 0.0225. The number of Topliss-reactive ketones (excluding diaryl/α,β-unsaturated/α-hetero) is 1. The first-order valence-corrected chi connectivity index (χ1v) is 9.21. The van der Waals surface area contributed by atoms with Gasteiger partial charge in [0.15, 0.2) is 5.78 Å². The van der Waals surface area contributed by atoms with Gasteiger partial charge >= 0.3 is 0 Å². The van der Waals surface area contributed by atoms with Crippen molar-refractivity contribution in [3.63, 3.8) is 0 Å². The van der Waals surface area contributed by atoms with Crippen LogP contribution in [0.5, 0.6) is 0 Å². The Bertz CT molecular complexity index is 694. The van der Waals surface area contributed by atoms with E-state index < -0.39 is 16.1 Å². The fourth-order valence-electron chi connectivity index (χ4n) is 2.63. The Balaban J connectivity index is 2.06. The Morgan fingerprint density at radius 2 is 1.87 bits per heavy atom. The van der Waals surface area contributed by atoms with Gasteiger partial charge in [0.1, 0.15) is 0 Å². The Kier molecular flexibility index (Phi) is 5.54. The monoisotopic (exact) mass is 338 g/mol. The lowest BCUT2D eigenvalue weighted by Crippen LogP contribution is -2.47. The molecule has 0 unspecified atom stereocenters. The number of sulfonamides is 1. The van der Waals surface area contributed by atoms with Crippen molar-refractivity contribution in [2.24, 2.45) is 0 Å². The molecule has 1 atom stereocenters. The molecule has 7 heteroatoms. The van der Waals surface area contributed by atoms with E-state index in [1.807, 2.05) is 0 Å². The standard InChI is InChI=1S/C16H22N2O4S/c1-11(16(20)17-14-7-3-4-8-14)18-23(21,22)15-9-5-6-13(10-15)12(2)19/h5-6,9-11,14,18H,3-4,7-8H2,1-2H3,(H,17,20)/t11-/m1/s1. The molecule has 0 bridgehead atoms. The van der Waals surface area contributed by atoms with Crippen LogP contribution in [0.25, 0.3) is 0 Å². The molecular weight excluding hydrogens is 316 g/mol. The van der Waals surface area contributed by atoms with E-state index in [-0.39, 0.29) is 22.6 Å². The SMILES string of the molecule is CC(=O)c1cccc(S(=O)(=O)N[C@H](C)C(=O)NC2CCCC2)c1. The van der Waals surface area contributed by atoms with Crippen molar-refractivity contribution in [3.05, 3.63) is 29.8 Å². The number of hydrogen-bond acceptors (Lipinski definition) is 4. The maximum Gasteiger partial charge on any atom is 0.241 e. The van der Waals surface area contributed by atoms with E-state index in [4.69, 9.17) is 0 Å². The van der Waals surface area contributed by atoms with Crippen molar-refractivity contribution in [3.8, 4) is 0 Å². The lowest BCUT2D eigenvalue weighted by Gasteiger charge is -2.18. The van der Waals surface area contributed by atoms with Gasteiger partial charge in [0.2, 0.25) is 15.9 Å². The quantitative estimate of drug-likeness (QED) is 0.771. The van der Waals surface area contributed by atoms with Crippen molar-refractivity contribution in [2.75, 3.05) is 0 Å². The summed E-state index contributed by atoms with van der Waals surface area (Å²) in [6.07, 6.45) is 4.05. The van der Waals surface area contributed by atoms with Gasteiger partial charge in [0.25, 0.3) is 0 Å². The van der Waals surface area contributed by atoms with Crippen molar-refractivity contribution in [2.45, 2.75) is 56.5 Å². The second-order valence-electron chi connectivity index (χ2n) is 5.92. The number of amides is 1. The van der Waals surface area contributed by atoms with Crippen molar-refractivity contribution in [1.29, 1.82) is 0 Å². The molecule has 1 aromatic rings. The smallest absolute Gasteiger partial charge is 0.241 e. The van der Waals surface area contributed by atoms with Crippen molar-refractivity contribution in [1.82, 2.24) is 10.0 Å². The van der Waals surface area contributed by atoms with Gasteiger partial charge < -0.3 is 5.32 Å². The lowest BCUT2D eigenvalue weighted by atomic mass is 10.2. The molecule has 0 heterocycles.